The van der Waals surface area contributed by atoms with Gasteiger partial charge in [-0.05, 0) is 72.3 Å². The Morgan fingerprint density at radius 1 is 1.35 bits per heavy atom. The highest BCUT2D eigenvalue weighted by Gasteiger charge is 2.30. The van der Waals surface area contributed by atoms with Crippen molar-refractivity contribution in [3.05, 3.63) is 27.7 Å². The first-order valence-corrected chi connectivity index (χ1v) is 8.10. The SMILES string of the molecule is Cc1cc(C)c(NC(=O)C2CCCCC2CN)c(Br)c1. The van der Waals surface area contributed by atoms with Crippen molar-refractivity contribution in [2.75, 3.05) is 11.9 Å². The van der Waals surface area contributed by atoms with Crippen LogP contribution in [0.3, 0.4) is 0 Å². The Balaban J connectivity index is 2.15. The summed E-state index contributed by atoms with van der Waals surface area (Å²) in [5.74, 6) is 0.502. The van der Waals surface area contributed by atoms with Gasteiger partial charge in [-0.15, -0.1) is 0 Å². The minimum atomic E-state index is 0.0568. The maximum atomic E-state index is 12.5. The van der Waals surface area contributed by atoms with Crippen molar-refractivity contribution >= 4 is 27.5 Å². The molecule has 1 fully saturated rings. The van der Waals surface area contributed by atoms with Crippen molar-refractivity contribution in [3.63, 3.8) is 0 Å². The van der Waals surface area contributed by atoms with Crippen LogP contribution in [0.5, 0.6) is 0 Å². The Kier molecular flexibility index (Phi) is 5.22. The zero-order chi connectivity index (χ0) is 14.7. The molecule has 0 heterocycles. The van der Waals surface area contributed by atoms with Gasteiger partial charge in [-0.25, -0.2) is 0 Å². The third kappa shape index (κ3) is 3.41. The highest BCUT2D eigenvalue weighted by molar-refractivity contribution is 9.10. The maximum Gasteiger partial charge on any atom is 0.227 e. The number of benzene rings is 1. The molecule has 2 unspecified atom stereocenters. The second-order valence-electron chi connectivity index (χ2n) is 5.81. The molecule has 20 heavy (non-hydrogen) atoms. The van der Waals surface area contributed by atoms with E-state index in [0.29, 0.717) is 12.5 Å². The van der Waals surface area contributed by atoms with Gasteiger partial charge >= 0.3 is 0 Å². The first-order valence-electron chi connectivity index (χ1n) is 7.30. The Morgan fingerprint density at radius 3 is 2.70 bits per heavy atom. The number of carbonyl (C=O) groups excluding carboxylic acids is 1. The van der Waals surface area contributed by atoms with Gasteiger partial charge in [0.05, 0.1) is 5.69 Å². The Bertz CT molecular complexity index is 478. The fraction of sp³-hybridized carbons (Fsp3) is 0.562. The smallest absolute Gasteiger partial charge is 0.227 e. The molecule has 110 valence electrons. The molecule has 1 aromatic rings. The number of nitrogens with two attached hydrogens (primary N) is 1. The maximum absolute atomic E-state index is 12.5. The summed E-state index contributed by atoms with van der Waals surface area (Å²) < 4.78 is 0.948. The Labute approximate surface area is 129 Å². The van der Waals surface area contributed by atoms with Gasteiger partial charge in [-0.3, -0.25) is 4.79 Å². The van der Waals surface area contributed by atoms with Crippen molar-refractivity contribution in [2.24, 2.45) is 17.6 Å². The van der Waals surface area contributed by atoms with Gasteiger partial charge in [-0.1, -0.05) is 18.9 Å². The normalized spacial score (nSPS) is 22.6. The molecular weight excluding hydrogens is 316 g/mol. The molecule has 1 aliphatic rings. The van der Waals surface area contributed by atoms with Crippen molar-refractivity contribution in [1.82, 2.24) is 0 Å². The molecule has 0 spiro atoms. The summed E-state index contributed by atoms with van der Waals surface area (Å²) in [6.45, 7) is 4.68. The average Bonchev–Trinajstić information content (AvgIpc) is 2.42. The van der Waals surface area contributed by atoms with Crippen LogP contribution in [0.2, 0.25) is 0 Å². The molecule has 2 atom stereocenters. The number of hydrogen-bond acceptors (Lipinski definition) is 2. The first-order chi connectivity index (χ1) is 9.52. The van der Waals surface area contributed by atoms with Crippen LogP contribution in [0.4, 0.5) is 5.69 Å². The third-order valence-corrected chi connectivity index (χ3v) is 4.85. The van der Waals surface area contributed by atoms with E-state index in [2.05, 4.69) is 34.2 Å². The van der Waals surface area contributed by atoms with E-state index >= 15 is 0 Å². The number of anilines is 1. The molecule has 0 bridgehead atoms. The lowest BCUT2D eigenvalue weighted by Crippen LogP contribution is -2.35. The molecule has 0 saturated heterocycles. The predicted molar refractivity (Wildman–Crippen MR) is 86.7 cm³/mol. The molecule has 0 radical (unpaired) electrons. The summed E-state index contributed by atoms with van der Waals surface area (Å²) in [6, 6.07) is 4.12. The lowest BCUT2D eigenvalue weighted by Gasteiger charge is -2.29. The average molecular weight is 339 g/mol. The molecular formula is C16H23BrN2O. The van der Waals surface area contributed by atoms with Crippen LogP contribution < -0.4 is 11.1 Å². The van der Waals surface area contributed by atoms with Crippen LogP contribution in [0.25, 0.3) is 0 Å². The van der Waals surface area contributed by atoms with Gasteiger partial charge in [0.1, 0.15) is 0 Å². The second kappa shape index (κ2) is 6.72. The minimum absolute atomic E-state index is 0.0568. The molecule has 3 N–H and O–H groups in total. The van der Waals surface area contributed by atoms with Crippen molar-refractivity contribution in [1.29, 1.82) is 0 Å². The van der Waals surface area contributed by atoms with E-state index in [1.807, 2.05) is 13.0 Å². The largest absolute Gasteiger partial charge is 0.330 e. The third-order valence-electron chi connectivity index (χ3n) is 4.23. The van der Waals surface area contributed by atoms with Crippen LogP contribution in [0.1, 0.15) is 36.8 Å². The molecule has 4 heteroatoms. The first kappa shape index (κ1) is 15.5. The lowest BCUT2D eigenvalue weighted by molar-refractivity contribution is -0.122. The number of rotatable bonds is 3. The van der Waals surface area contributed by atoms with Crippen LogP contribution in [0.15, 0.2) is 16.6 Å². The van der Waals surface area contributed by atoms with E-state index in [1.165, 1.54) is 12.0 Å². The zero-order valence-corrected chi connectivity index (χ0v) is 13.8. The van der Waals surface area contributed by atoms with E-state index in [0.717, 1.165) is 35.0 Å². The number of amides is 1. The van der Waals surface area contributed by atoms with Crippen molar-refractivity contribution < 1.29 is 4.79 Å². The second-order valence-corrected chi connectivity index (χ2v) is 6.67. The molecule has 1 aromatic carbocycles. The van der Waals surface area contributed by atoms with Crippen molar-refractivity contribution in [2.45, 2.75) is 39.5 Å². The monoisotopic (exact) mass is 338 g/mol. The van der Waals surface area contributed by atoms with Crippen LogP contribution >= 0.6 is 15.9 Å². The summed E-state index contributed by atoms with van der Waals surface area (Å²) >= 11 is 3.54. The molecule has 1 aliphatic carbocycles. The van der Waals surface area contributed by atoms with E-state index in [9.17, 15) is 4.79 Å². The van der Waals surface area contributed by atoms with Crippen LogP contribution in [-0.2, 0) is 4.79 Å². The summed E-state index contributed by atoms with van der Waals surface area (Å²) in [4.78, 5) is 12.5. The van der Waals surface area contributed by atoms with Gasteiger partial charge in [0.25, 0.3) is 0 Å². The van der Waals surface area contributed by atoms with Gasteiger partial charge < -0.3 is 11.1 Å². The van der Waals surface area contributed by atoms with E-state index in [-0.39, 0.29) is 11.8 Å². The van der Waals surface area contributed by atoms with Crippen LogP contribution in [-0.4, -0.2) is 12.5 Å². The number of hydrogen-bond donors (Lipinski definition) is 2. The quantitative estimate of drug-likeness (QED) is 0.881. The fourth-order valence-corrected chi connectivity index (χ4v) is 3.90. The molecule has 2 rings (SSSR count). The number of nitrogens with one attached hydrogen (secondary N) is 1. The molecule has 1 amide bonds. The number of aryl methyl sites for hydroxylation is 2. The standard InChI is InChI=1S/C16H23BrN2O/c1-10-7-11(2)15(14(17)8-10)19-16(20)13-6-4-3-5-12(13)9-18/h7-8,12-13H,3-6,9,18H2,1-2H3,(H,19,20). The van der Waals surface area contributed by atoms with Gasteiger partial charge in [0.15, 0.2) is 0 Å². The van der Waals surface area contributed by atoms with E-state index in [4.69, 9.17) is 5.73 Å². The zero-order valence-electron chi connectivity index (χ0n) is 12.2. The highest BCUT2D eigenvalue weighted by Crippen LogP contribution is 2.33. The molecule has 0 aromatic heterocycles. The Hall–Kier alpha value is -0.870. The number of halogens is 1. The lowest BCUT2D eigenvalue weighted by atomic mass is 9.78. The summed E-state index contributed by atoms with van der Waals surface area (Å²) in [7, 11) is 0. The van der Waals surface area contributed by atoms with Gasteiger partial charge in [0.2, 0.25) is 5.91 Å². The minimum Gasteiger partial charge on any atom is -0.330 e. The van der Waals surface area contributed by atoms with Crippen molar-refractivity contribution in [3.8, 4) is 0 Å². The van der Waals surface area contributed by atoms with Gasteiger partial charge in [-0.2, -0.15) is 0 Å². The summed E-state index contributed by atoms with van der Waals surface area (Å²) in [5.41, 5.74) is 8.98. The van der Waals surface area contributed by atoms with Crippen LogP contribution in [0, 0.1) is 25.7 Å². The summed E-state index contributed by atoms with van der Waals surface area (Å²) in [5, 5.41) is 3.10. The molecule has 1 saturated carbocycles. The van der Waals surface area contributed by atoms with E-state index < -0.39 is 0 Å². The topological polar surface area (TPSA) is 55.1 Å². The number of carbonyl (C=O) groups is 1. The van der Waals surface area contributed by atoms with Gasteiger partial charge in [0, 0.05) is 10.4 Å². The summed E-state index contributed by atoms with van der Waals surface area (Å²) in [6.07, 6.45) is 4.35. The fourth-order valence-electron chi connectivity index (χ4n) is 3.12. The highest BCUT2D eigenvalue weighted by atomic mass is 79.9. The van der Waals surface area contributed by atoms with E-state index in [1.54, 1.807) is 0 Å². The Morgan fingerprint density at radius 2 is 2.05 bits per heavy atom. The molecule has 0 aliphatic heterocycles. The predicted octanol–water partition coefficient (Wildman–Crippen LogP) is 3.77. The molecule has 3 nitrogen and oxygen atoms in total.